The van der Waals surface area contributed by atoms with E-state index in [1.54, 1.807) is 19.9 Å². The Morgan fingerprint density at radius 2 is 1.86 bits per heavy atom. The van der Waals surface area contributed by atoms with Gasteiger partial charge in [0.15, 0.2) is 9.84 Å². The van der Waals surface area contributed by atoms with Gasteiger partial charge in [-0.1, -0.05) is 19.8 Å². The molecule has 12 heteroatoms. The van der Waals surface area contributed by atoms with E-state index in [0.717, 1.165) is 19.2 Å². The number of carbonyl (C=O) groups is 3. The highest BCUT2D eigenvalue weighted by Crippen LogP contribution is 2.11. The monoisotopic (exact) mass is 525 g/mol. The molecule has 1 aliphatic heterocycles. The number of carbonyl (C=O) groups excluding carboxylic acids is 2. The molecule has 0 radical (unpaired) electrons. The number of aliphatic imine (C=N–C) groups is 1. The zero-order valence-corrected chi connectivity index (χ0v) is 22.5. The molecule has 1 unspecified atom stereocenters. The predicted molar refractivity (Wildman–Crippen MR) is 138 cm³/mol. The van der Waals surface area contributed by atoms with E-state index in [2.05, 4.69) is 27.6 Å². The number of nitrogens with one attached hydrogen (secondary N) is 2. The summed E-state index contributed by atoms with van der Waals surface area (Å²) in [5, 5.41) is 14.7. The van der Waals surface area contributed by atoms with Crippen LogP contribution in [0.15, 0.2) is 17.3 Å². The summed E-state index contributed by atoms with van der Waals surface area (Å²) in [5.74, 6) is 0.624. The first-order chi connectivity index (χ1) is 16.8. The van der Waals surface area contributed by atoms with Gasteiger partial charge in [-0.15, -0.1) is 0 Å². The highest BCUT2D eigenvalue weighted by molar-refractivity contribution is 7.91. The van der Waals surface area contributed by atoms with Crippen LogP contribution in [0.3, 0.4) is 0 Å². The van der Waals surface area contributed by atoms with E-state index in [1.807, 2.05) is 19.0 Å². The maximum atomic E-state index is 12.7. The summed E-state index contributed by atoms with van der Waals surface area (Å²) < 4.78 is 23.6. The minimum Gasteiger partial charge on any atom is -0.480 e. The molecule has 0 saturated carbocycles. The zero-order chi connectivity index (χ0) is 27.3. The summed E-state index contributed by atoms with van der Waals surface area (Å²) >= 11 is 0. The first-order valence-electron chi connectivity index (χ1n) is 12.0. The van der Waals surface area contributed by atoms with Crippen molar-refractivity contribution in [1.29, 1.82) is 0 Å². The smallest absolute Gasteiger partial charge is 0.326 e. The minimum absolute atomic E-state index is 0.113. The van der Waals surface area contributed by atoms with E-state index in [0.29, 0.717) is 25.7 Å². The molecular formula is C24H39N5O6S. The molecule has 0 spiro atoms. The standard InChI is InChI=1S/C24H39N5O6S/c1-18(2)21(22(31)26-19(23(32)33)12-8-10-15-28(3)4)27-20(30)13-7-6-9-16-29-17-11-14-25-24(29)36(5,34)35/h11,14,17-19,21,24H,6-8,10,12-13,15H2,1-5H3,(H,26,31)(H,27,30)(H,32,33)/t19-,21-,24?/m0/s1. The van der Waals surface area contributed by atoms with Crippen molar-refractivity contribution in [1.82, 2.24) is 20.4 Å². The highest BCUT2D eigenvalue weighted by Gasteiger charge is 2.28. The van der Waals surface area contributed by atoms with Gasteiger partial charge in [-0.25, -0.2) is 13.2 Å². The first-order valence-corrected chi connectivity index (χ1v) is 13.9. The second-order valence-corrected chi connectivity index (χ2v) is 11.4. The van der Waals surface area contributed by atoms with Gasteiger partial charge >= 0.3 is 5.97 Å². The van der Waals surface area contributed by atoms with Crippen molar-refractivity contribution in [2.24, 2.45) is 10.9 Å². The topological polar surface area (TPSA) is 148 Å². The lowest BCUT2D eigenvalue weighted by Gasteiger charge is -2.24. The number of nitrogens with zero attached hydrogens (tertiary/aromatic N) is 3. The predicted octanol–water partition coefficient (Wildman–Crippen LogP) is 0.788. The van der Waals surface area contributed by atoms with Gasteiger partial charge < -0.3 is 20.6 Å². The lowest BCUT2D eigenvalue weighted by atomic mass is 10.0. The van der Waals surface area contributed by atoms with Crippen molar-refractivity contribution < 1.29 is 27.9 Å². The van der Waals surface area contributed by atoms with Crippen LogP contribution in [-0.2, 0) is 24.2 Å². The molecule has 1 aliphatic rings. The molecule has 0 aromatic heterocycles. The Kier molecular flexibility index (Phi) is 13.2. The summed E-state index contributed by atoms with van der Waals surface area (Å²) in [6.07, 6.45) is 8.22. The number of allylic oxidation sites excluding steroid dienone is 1. The van der Waals surface area contributed by atoms with Gasteiger partial charge in [0, 0.05) is 37.6 Å². The molecule has 1 heterocycles. The highest BCUT2D eigenvalue weighted by atomic mass is 32.2. The van der Waals surface area contributed by atoms with Crippen LogP contribution in [0.5, 0.6) is 0 Å². The SMILES string of the molecule is CC(C)[C@H](NC(=O)CCCC#CN1C=CC=NC1S(C)(=O)=O)C(=O)N[C@@H](CCCCN(C)C)C(=O)O. The fraction of sp³-hybridized carbons (Fsp3) is 0.667. The lowest BCUT2D eigenvalue weighted by Crippen LogP contribution is -2.53. The van der Waals surface area contributed by atoms with E-state index >= 15 is 0 Å². The molecule has 36 heavy (non-hydrogen) atoms. The van der Waals surface area contributed by atoms with Crippen molar-refractivity contribution >= 4 is 33.8 Å². The molecule has 0 aromatic rings. The van der Waals surface area contributed by atoms with E-state index in [-0.39, 0.29) is 18.2 Å². The Bertz CT molecular complexity index is 981. The fourth-order valence-corrected chi connectivity index (χ4v) is 4.20. The molecule has 11 nitrogen and oxygen atoms in total. The van der Waals surface area contributed by atoms with Crippen LogP contribution < -0.4 is 10.6 Å². The molecule has 3 atom stereocenters. The van der Waals surface area contributed by atoms with Crippen LogP contribution in [0, 0.1) is 17.9 Å². The van der Waals surface area contributed by atoms with Gasteiger partial charge in [0.05, 0.1) is 0 Å². The fourth-order valence-electron chi connectivity index (χ4n) is 3.37. The zero-order valence-electron chi connectivity index (χ0n) is 21.7. The maximum Gasteiger partial charge on any atom is 0.326 e. The minimum atomic E-state index is -3.45. The van der Waals surface area contributed by atoms with E-state index in [1.165, 1.54) is 17.3 Å². The summed E-state index contributed by atoms with van der Waals surface area (Å²) in [5.41, 5.74) is -1.09. The lowest BCUT2D eigenvalue weighted by molar-refractivity contribution is -0.142. The molecule has 0 saturated heterocycles. The number of unbranched alkanes of at least 4 members (excludes halogenated alkanes) is 2. The van der Waals surface area contributed by atoms with Crippen LogP contribution in [-0.4, -0.2) is 91.8 Å². The summed E-state index contributed by atoms with van der Waals surface area (Å²) in [4.78, 5) is 44.0. The van der Waals surface area contributed by atoms with Crippen LogP contribution in [0.25, 0.3) is 0 Å². The summed E-state index contributed by atoms with van der Waals surface area (Å²) in [6, 6.07) is 0.859. The van der Waals surface area contributed by atoms with E-state index < -0.39 is 39.3 Å². The number of aliphatic carboxylic acids is 1. The normalized spacial score (nSPS) is 16.9. The molecule has 1 rings (SSSR count). The summed E-state index contributed by atoms with van der Waals surface area (Å²) in [7, 11) is 0.426. The van der Waals surface area contributed by atoms with E-state index in [9.17, 15) is 27.9 Å². The van der Waals surface area contributed by atoms with Gasteiger partial charge in [-0.3, -0.25) is 19.5 Å². The van der Waals surface area contributed by atoms with Crippen LogP contribution in [0.1, 0.15) is 52.4 Å². The van der Waals surface area contributed by atoms with Gasteiger partial charge in [0.1, 0.15) is 12.1 Å². The van der Waals surface area contributed by atoms with Gasteiger partial charge in [0.2, 0.25) is 17.3 Å². The maximum absolute atomic E-state index is 12.7. The second kappa shape index (κ2) is 15.3. The van der Waals surface area contributed by atoms with Crippen molar-refractivity contribution in [3.05, 3.63) is 12.3 Å². The quantitative estimate of drug-likeness (QED) is 0.223. The van der Waals surface area contributed by atoms with E-state index in [4.69, 9.17) is 0 Å². The van der Waals surface area contributed by atoms with Gasteiger partial charge in [-0.2, -0.15) is 0 Å². The Morgan fingerprint density at radius 1 is 1.17 bits per heavy atom. The van der Waals surface area contributed by atoms with Crippen molar-refractivity contribution in [3.8, 4) is 12.0 Å². The molecular weight excluding hydrogens is 486 g/mol. The first kappa shape index (κ1) is 31.1. The second-order valence-electron chi connectivity index (χ2n) is 9.33. The number of hydrogen-bond donors (Lipinski definition) is 3. The molecule has 2 amide bonds. The number of sulfone groups is 1. The molecule has 0 fully saturated rings. The molecule has 0 aliphatic carbocycles. The third kappa shape index (κ3) is 11.7. The Morgan fingerprint density at radius 3 is 2.44 bits per heavy atom. The van der Waals surface area contributed by atoms with Gasteiger partial charge in [-0.05, 0) is 58.3 Å². The van der Waals surface area contributed by atoms with Crippen molar-refractivity contribution in [2.75, 3.05) is 26.9 Å². The van der Waals surface area contributed by atoms with Crippen LogP contribution >= 0.6 is 0 Å². The third-order valence-electron chi connectivity index (χ3n) is 5.31. The molecule has 0 aromatic carbocycles. The van der Waals surface area contributed by atoms with Crippen molar-refractivity contribution in [2.45, 2.75) is 70.0 Å². The average molecular weight is 526 g/mol. The number of amides is 2. The number of carboxylic acid groups (broad SMARTS) is 1. The van der Waals surface area contributed by atoms with Crippen molar-refractivity contribution in [3.63, 3.8) is 0 Å². The third-order valence-corrected chi connectivity index (χ3v) is 6.42. The molecule has 202 valence electrons. The summed E-state index contributed by atoms with van der Waals surface area (Å²) in [6.45, 7) is 4.38. The Labute approximate surface area is 214 Å². The number of rotatable bonds is 14. The van der Waals surface area contributed by atoms with Gasteiger partial charge in [0.25, 0.3) is 0 Å². The largest absolute Gasteiger partial charge is 0.480 e. The van der Waals surface area contributed by atoms with Crippen LogP contribution in [0.2, 0.25) is 0 Å². The van der Waals surface area contributed by atoms with Crippen LogP contribution in [0.4, 0.5) is 0 Å². The Hall–Kier alpha value is -2.91. The average Bonchev–Trinajstić information content (AvgIpc) is 2.78. The molecule has 3 N–H and O–H groups in total. The molecule has 0 bridgehead atoms. The number of carboxylic acids is 1. The number of hydrogen-bond acceptors (Lipinski definition) is 8. The Balaban J connectivity index is 2.56.